The topological polar surface area (TPSA) is 184 Å². The highest BCUT2D eigenvalue weighted by atomic mass is 31.2. The van der Waals surface area contributed by atoms with Crippen LogP contribution in [0.25, 0.3) is 0 Å². The van der Waals surface area contributed by atoms with Crippen molar-refractivity contribution in [3.63, 3.8) is 0 Å². The van der Waals surface area contributed by atoms with Crippen molar-refractivity contribution < 1.29 is 57.2 Å². The largest absolute Gasteiger partial charge is 0.456 e. The van der Waals surface area contributed by atoms with Gasteiger partial charge in [-0.1, -0.05) is 0 Å². The van der Waals surface area contributed by atoms with Crippen LogP contribution in [0.15, 0.2) is 0 Å². The second-order valence-electron chi connectivity index (χ2n) is 5.78. The van der Waals surface area contributed by atoms with Crippen LogP contribution in [0.3, 0.4) is 0 Å². The number of carbonyl (C=O) groups excluding carboxylic acids is 4. The minimum absolute atomic E-state index is 0.579. The normalized spacial score (nSPS) is 27.4. The Bertz CT molecular complexity index is 661. The lowest BCUT2D eigenvalue weighted by Crippen LogP contribution is -2.63. The fraction of sp³-hybridized carbons (Fsp3) is 0.714. The van der Waals surface area contributed by atoms with Crippen LogP contribution in [0, 0.1) is 0 Å². The molecule has 1 fully saturated rings. The Morgan fingerprint density at radius 2 is 1.25 bits per heavy atom. The van der Waals surface area contributed by atoms with Crippen molar-refractivity contribution in [2.45, 2.75) is 58.4 Å². The number of carbonyl (C=O) groups is 4. The number of esters is 4. The average molecular weight is 427 g/mol. The maximum atomic E-state index is 11.5. The van der Waals surface area contributed by atoms with Gasteiger partial charge in [-0.3, -0.25) is 19.2 Å². The maximum Gasteiger partial charge on any atom is 0.400 e. The molecule has 1 saturated heterocycles. The summed E-state index contributed by atoms with van der Waals surface area (Å²) in [4.78, 5) is 63.9. The molecule has 0 saturated carbocycles. The number of hydrogen-bond donors (Lipinski definition) is 3. The lowest BCUT2D eigenvalue weighted by molar-refractivity contribution is -0.294. The van der Waals surface area contributed by atoms with Crippen LogP contribution in [-0.4, -0.2) is 70.9 Å². The second kappa shape index (κ2) is 9.94. The molecule has 0 radical (unpaired) electrons. The summed E-state index contributed by atoms with van der Waals surface area (Å²) in [7, 11) is -4.70. The van der Waals surface area contributed by atoms with Gasteiger partial charge in [0.15, 0.2) is 12.2 Å². The van der Waals surface area contributed by atoms with Crippen LogP contribution in [0.4, 0.5) is 0 Å². The first kappa shape index (κ1) is 24.0. The lowest BCUT2D eigenvalue weighted by atomic mass is 9.98. The Kier molecular flexibility index (Phi) is 8.51. The van der Waals surface area contributed by atoms with Gasteiger partial charge in [0.25, 0.3) is 0 Å². The molecule has 13 nitrogen and oxygen atoms in total. The third-order valence-electron chi connectivity index (χ3n) is 3.28. The van der Waals surface area contributed by atoms with Crippen LogP contribution >= 0.6 is 7.75 Å². The van der Waals surface area contributed by atoms with Gasteiger partial charge < -0.3 is 33.5 Å². The maximum absolute atomic E-state index is 11.5. The zero-order chi connectivity index (χ0) is 21.6. The van der Waals surface area contributed by atoms with Crippen LogP contribution in [0.1, 0.15) is 27.7 Å². The van der Waals surface area contributed by atoms with E-state index in [-0.39, 0.29) is 0 Å². The van der Waals surface area contributed by atoms with Gasteiger partial charge in [0, 0.05) is 34.2 Å². The predicted octanol–water partition coefficient (Wildman–Crippen LogP) is -1.25. The summed E-state index contributed by atoms with van der Waals surface area (Å²) < 4.78 is 36.7. The molecule has 14 heteroatoms. The minimum atomic E-state index is -4.70. The Morgan fingerprint density at radius 1 is 0.821 bits per heavy atom. The van der Waals surface area contributed by atoms with E-state index in [2.05, 4.69) is 0 Å². The second-order valence-corrected chi connectivity index (χ2v) is 7.19. The molecular formula is C14H22NO12P. The quantitative estimate of drug-likeness (QED) is 0.249. The first-order valence-corrected chi connectivity index (χ1v) is 9.56. The van der Waals surface area contributed by atoms with Crippen molar-refractivity contribution >= 4 is 31.6 Å². The minimum Gasteiger partial charge on any atom is -0.456 e. The van der Waals surface area contributed by atoms with Gasteiger partial charge in [0.2, 0.25) is 12.4 Å². The Balaban J connectivity index is 3.31. The highest BCUT2D eigenvalue weighted by Gasteiger charge is 2.53. The molecule has 0 bridgehead atoms. The van der Waals surface area contributed by atoms with E-state index in [1.54, 1.807) is 0 Å². The van der Waals surface area contributed by atoms with Gasteiger partial charge in [-0.2, -0.15) is 0 Å². The Hall–Kier alpha value is -2.05. The summed E-state index contributed by atoms with van der Waals surface area (Å²) in [6.45, 7) is 3.57. The van der Waals surface area contributed by atoms with Crippen LogP contribution < -0.4 is 5.09 Å². The molecule has 0 aliphatic carbocycles. The third kappa shape index (κ3) is 7.90. The van der Waals surface area contributed by atoms with E-state index in [4.69, 9.17) is 33.5 Å². The lowest BCUT2D eigenvalue weighted by Gasteiger charge is -2.43. The van der Waals surface area contributed by atoms with E-state index in [1.165, 1.54) is 0 Å². The molecule has 0 amide bonds. The summed E-state index contributed by atoms with van der Waals surface area (Å²) in [6.07, 6.45) is -7.34. The fourth-order valence-corrected chi connectivity index (χ4v) is 2.90. The third-order valence-corrected chi connectivity index (χ3v) is 3.87. The molecule has 28 heavy (non-hydrogen) atoms. The molecule has 1 aliphatic rings. The van der Waals surface area contributed by atoms with Crippen molar-refractivity contribution in [3.8, 4) is 0 Å². The Morgan fingerprint density at radius 3 is 1.68 bits per heavy atom. The van der Waals surface area contributed by atoms with E-state index < -0.39 is 68.9 Å². The average Bonchev–Trinajstić information content (AvgIpc) is 2.48. The summed E-state index contributed by atoms with van der Waals surface area (Å²) in [5.74, 6) is -3.35. The van der Waals surface area contributed by atoms with Crippen molar-refractivity contribution in [2.75, 3.05) is 6.54 Å². The predicted molar refractivity (Wildman–Crippen MR) is 87.1 cm³/mol. The van der Waals surface area contributed by atoms with E-state index in [0.717, 1.165) is 27.7 Å². The zero-order valence-electron chi connectivity index (χ0n) is 15.5. The first-order chi connectivity index (χ1) is 12.8. The molecule has 1 rings (SSSR count). The number of hydrogen-bond acceptors (Lipinski definition) is 10. The molecule has 5 atom stereocenters. The molecule has 1 aliphatic heterocycles. The number of rotatable bonds is 7. The molecule has 1 unspecified atom stereocenters. The summed E-state index contributed by atoms with van der Waals surface area (Å²) in [6, 6.07) is 0. The zero-order valence-corrected chi connectivity index (χ0v) is 16.4. The highest BCUT2D eigenvalue weighted by molar-refractivity contribution is 7.49. The summed E-state index contributed by atoms with van der Waals surface area (Å²) in [5, 5.41) is 1.86. The molecule has 0 aromatic heterocycles. The molecule has 0 aromatic carbocycles. The van der Waals surface area contributed by atoms with Crippen molar-refractivity contribution in [1.29, 1.82) is 0 Å². The standard InChI is InChI=1S/C14H22NO12P/c1-6(16)23-11-10(5-15-28(20,21)22)27-14(26-9(4)19)13(25-8(3)18)12(11)24-7(2)17/h10-14H,5H2,1-4H3,(H3,15,20,21,22)/t10-,11-,12+,13+,14?/m1/s1. The van der Waals surface area contributed by atoms with Gasteiger partial charge in [-0.05, 0) is 0 Å². The molecule has 0 spiro atoms. The SMILES string of the molecule is CC(=O)OC1O[C@H](CNP(=O)(O)O)[C@@H](OC(C)=O)[C@H](OC(C)=O)[C@@H]1OC(C)=O. The van der Waals surface area contributed by atoms with Gasteiger partial charge in [0.05, 0.1) is 0 Å². The van der Waals surface area contributed by atoms with Gasteiger partial charge in [-0.15, -0.1) is 0 Å². The number of ether oxygens (including phenoxy) is 5. The van der Waals surface area contributed by atoms with Crippen molar-refractivity contribution in [2.24, 2.45) is 0 Å². The summed E-state index contributed by atoms with van der Waals surface area (Å²) in [5.41, 5.74) is 0. The van der Waals surface area contributed by atoms with Crippen LogP contribution in [0.5, 0.6) is 0 Å². The van der Waals surface area contributed by atoms with Gasteiger partial charge in [0.1, 0.15) is 6.10 Å². The Labute approximate surface area is 159 Å². The molecule has 3 N–H and O–H groups in total. The van der Waals surface area contributed by atoms with E-state index in [0.29, 0.717) is 0 Å². The molecule has 160 valence electrons. The van der Waals surface area contributed by atoms with Crippen LogP contribution in [0.2, 0.25) is 0 Å². The summed E-state index contributed by atoms with van der Waals surface area (Å²) >= 11 is 0. The van der Waals surface area contributed by atoms with Crippen molar-refractivity contribution in [1.82, 2.24) is 5.09 Å². The fourth-order valence-electron chi connectivity index (χ4n) is 2.49. The smallest absolute Gasteiger partial charge is 0.400 e. The molecule has 0 aromatic rings. The van der Waals surface area contributed by atoms with Gasteiger partial charge >= 0.3 is 31.6 Å². The monoisotopic (exact) mass is 427 g/mol. The first-order valence-electron chi connectivity index (χ1n) is 7.95. The molecular weight excluding hydrogens is 405 g/mol. The molecule has 1 heterocycles. The van der Waals surface area contributed by atoms with Crippen LogP contribution in [-0.2, 0) is 47.4 Å². The van der Waals surface area contributed by atoms with E-state index in [9.17, 15) is 23.7 Å². The van der Waals surface area contributed by atoms with E-state index >= 15 is 0 Å². The highest BCUT2D eigenvalue weighted by Crippen LogP contribution is 2.32. The van der Waals surface area contributed by atoms with E-state index in [1.807, 2.05) is 5.09 Å². The number of nitrogens with one attached hydrogen (secondary N) is 1. The van der Waals surface area contributed by atoms with Gasteiger partial charge in [-0.25, -0.2) is 9.65 Å². The van der Waals surface area contributed by atoms with Crippen molar-refractivity contribution in [3.05, 3.63) is 0 Å².